The van der Waals surface area contributed by atoms with Gasteiger partial charge in [-0.2, -0.15) is 0 Å². The molecule has 194 valence electrons. The van der Waals surface area contributed by atoms with Gasteiger partial charge in [-0.25, -0.2) is 9.59 Å². The highest BCUT2D eigenvalue weighted by Gasteiger charge is 2.40. The fourth-order valence-corrected chi connectivity index (χ4v) is 5.23. The van der Waals surface area contributed by atoms with E-state index in [1.807, 2.05) is 17.0 Å². The Balaban J connectivity index is 1.73. The van der Waals surface area contributed by atoms with Crippen molar-refractivity contribution >= 4 is 33.9 Å². The van der Waals surface area contributed by atoms with Gasteiger partial charge in [0, 0.05) is 17.2 Å². The normalized spacial score (nSPS) is 18.2. The first-order valence-corrected chi connectivity index (χ1v) is 12.5. The van der Waals surface area contributed by atoms with Crippen LogP contribution >= 0.6 is 15.9 Å². The van der Waals surface area contributed by atoms with E-state index in [-0.39, 0.29) is 35.6 Å². The van der Waals surface area contributed by atoms with Gasteiger partial charge in [-0.15, -0.1) is 0 Å². The number of carbonyl (C=O) groups excluding carboxylic acids is 2. The minimum Gasteiger partial charge on any atom is -0.504 e. The van der Waals surface area contributed by atoms with Gasteiger partial charge in [-0.1, -0.05) is 15.9 Å². The Labute approximate surface area is 222 Å². The second-order valence-electron chi connectivity index (χ2n) is 8.99. The van der Waals surface area contributed by atoms with E-state index in [0.717, 1.165) is 28.4 Å². The SMILES string of the molecule is COC(=O)C1=Cc2cc(O)c(OC)cc2C(C2CC2)N(Cc2cc3c(cc2Br)OCO3)C=C1C(=O)OC. The molecule has 1 saturated carbocycles. The summed E-state index contributed by atoms with van der Waals surface area (Å²) in [6.07, 6.45) is 5.20. The fraction of sp³-hybridized carbons (Fsp3) is 0.333. The van der Waals surface area contributed by atoms with E-state index in [9.17, 15) is 14.7 Å². The molecule has 37 heavy (non-hydrogen) atoms. The van der Waals surface area contributed by atoms with E-state index in [2.05, 4.69) is 15.9 Å². The number of benzene rings is 2. The Morgan fingerprint density at radius 3 is 2.35 bits per heavy atom. The summed E-state index contributed by atoms with van der Waals surface area (Å²) in [4.78, 5) is 27.9. The third kappa shape index (κ3) is 4.73. The first kappa shape index (κ1) is 25.0. The molecule has 0 bridgehead atoms. The maximum atomic E-state index is 13.0. The van der Waals surface area contributed by atoms with Crippen molar-refractivity contribution in [3.8, 4) is 23.0 Å². The second-order valence-corrected chi connectivity index (χ2v) is 9.84. The summed E-state index contributed by atoms with van der Waals surface area (Å²) in [6.45, 7) is 0.520. The van der Waals surface area contributed by atoms with Gasteiger partial charge in [-0.05, 0) is 65.8 Å². The van der Waals surface area contributed by atoms with Crippen molar-refractivity contribution in [3.63, 3.8) is 0 Å². The molecule has 1 unspecified atom stereocenters. The van der Waals surface area contributed by atoms with Crippen LogP contribution in [0.5, 0.6) is 23.0 Å². The molecule has 2 aliphatic heterocycles. The number of nitrogens with zero attached hydrogens (tertiary/aromatic N) is 1. The number of methoxy groups -OCH3 is 3. The molecule has 3 aliphatic rings. The lowest BCUT2D eigenvalue weighted by atomic mass is 9.90. The minimum atomic E-state index is -0.702. The topological polar surface area (TPSA) is 104 Å². The Bertz CT molecular complexity index is 1330. The number of esters is 2. The van der Waals surface area contributed by atoms with Crippen molar-refractivity contribution in [2.24, 2.45) is 5.92 Å². The van der Waals surface area contributed by atoms with Crippen molar-refractivity contribution in [1.29, 1.82) is 0 Å². The van der Waals surface area contributed by atoms with Crippen LogP contribution in [0.15, 0.2) is 46.1 Å². The van der Waals surface area contributed by atoms with E-state index >= 15 is 0 Å². The standard InChI is InChI=1S/C27H26BrNO8/c1-33-22-9-17-15(7-21(22)30)6-18(26(31)34-2)19(27(32)35-3)12-29(25(17)14-4-5-14)11-16-8-23-24(10-20(16)28)37-13-36-23/h6-10,12,14,25,30H,4-5,11,13H2,1-3H3. The van der Waals surface area contributed by atoms with Crippen molar-refractivity contribution in [3.05, 3.63) is 62.8 Å². The van der Waals surface area contributed by atoms with Crippen LogP contribution in [0.4, 0.5) is 0 Å². The van der Waals surface area contributed by atoms with Gasteiger partial charge in [0.05, 0.1) is 38.5 Å². The zero-order valence-corrected chi connectivity index (χ0v) is 22.2. The largest absolute Gasteiger partial charge is 0.504 e. The molecule has 0 radical (unpaired) electrons. The maximum absolute atomic E-state index is 13.0. The fourth-order valence-electron chi connectivity index (χ4n) is 4.78. The zero-order chi connectivity index (χ0) is 26.3. The van der Waals surface area contributed by atoms with Crippen LogP contribution in [0.2, 0.25) is 0 Å². The molecule has 1 aliphatic carbocycles. The Morgan fingerprint density at radius 1 is 1.03 bits per heavy atom. The smallest absolute Gasteiger partial charge is 0.340 e. The van der Waals surface area contributed by atoms with Crippen LogP contribution in [-0.4, -0.2) is 50.1 Å². The van der Waals surface area contributed by atoms with Crippen molar-refractivity contribution in [2.75, 3.05) is 28.1 Å². The van der Waals surface area contributed by atoms with E-state index in [1.165, 1.54) is 21.3 Å². The van der Waals surface area contributed by atoms with Crippen molar-refractivity contribution in [1.82, 2.24) is 4.90 Å². The molecule has 1 fully saturated rings. The van der Waals surface area contributed by atoms with Gasteiger partial charge < -0.3 is 33.7 Å². The zero-order valence-electron chi connectivity index (χ0n) is 20.6. The molecule has 5 rings (SSSR count). The third-order valence-electron chi connectivity index (χ3n) is 6.72. The number of aromatic hydroxyl groups is 1. The average Bonchev–Trinajstić information content (AvgIpc) is 3.62. The van der Waals surface area contributed by atoms with E-state index < -0.39 is 11.9 Å². The van der Waals surface area contributed by atoms with E-state index in [1.54, 1.807) is 24.4 Å². The molecule has 2 aromatic rings. The molecule has 2 aromatic carbocycles. The number of fused-ring (bicyclic) bond motifs is 2. The number of hydrogen-bond acceptors (Lipinski definition) is 9. The second kappa shape index (κ2) is 10.0. The third-order valence-corrected chi connectivity index (χ3v) is 7.46. The molecule has 0 amide bonds. The summed E-state index contributed by atoms with van der Waals surface area (Å²) < 4.78 is 27.4. The minimum absolute atomic E-state index is 0.0177. The lowest BCUT2D eigenvalue weighted by molar-refractivity contribution is -0.139. The van der Waals surface area contributed by atoms with Crippen LogP contribution in [0.3, 0.4) is 0 Å². The predicted octanol–water partition coefficient (Wildman–Crippen LogP) is 4.47. The summed E-state index contributed by atoms with van der Waals surface area (Å²) in [5, 5.41) is 10.6. The summed E-state index contributed by atoms with van der Waals surface area (Å²) in [5.41, 5.74) is 2.41. The molecule has 9 nitrogen and oxygen atoms in total. The number of halogens is 1. The number of hydrogen-bond donors (Lipinski definition) is 1. The highest BCUT2D eigenvalue weighted by molar-refractivity contribution is 9.10. The summed E-state index contributed by atoms with van der Waals surface area (Å²) in [7, 11) is 4.00. The number of rotatable bonds is 6. The molecule has 2 heterocycles. The number of ether oxygens (including phenoxy) is 5. The van der Waals surface area contributed by atoms with Gasteiger partial charge in [0.2, 0.25) is 6.79 Å². The quantitative estimate of drug-likeness (QED) is 0.503. The predicted molar refractivity (Wildman–Crippen MR) is 136 cm³/mol. The van der Waals surface area contributed by atoms with Gasteiger partial charge in [0.25, 0.3) is 0 Å². The van der Waals surface area contributed by atoms with Crippen LogP contribution in [-0.2, 0) is 25.6 Å². The first-order valence-electron chi connectivity index (χ1n) is 11.7. The Morgan fingerprint density at radius 2 is 1.70 bits per heavy atom. The molecule has 0 aromatic heterocycles. The summed E-state index contributed by atoms with van der Waals surface area (Å²) in [5.74, 6) is 0.421. The highest BCUT2D eigenvalue weighted by atomic mass is 79.9. The average molecular weight is 572 g/mol. The maximum Gasteiger partial charge on any atom is 0.340 e. The van der Waals surface area contributed by atoms with Gasteiger partial charge >= 0.3 is 11.9 Å². The Kier molecular flexibility index (Phi) is 6.76. The van der Waals surface area contributed by atoms with Crippen molar-refractivity contribution < 1.29 is 38.4 Å². The number of phenolic OH excluding ortho intramolecular Hbond substituents is 1. The number of phenols is 1. The molecular formula is C27H26BrNO8. The van der Waals surface area contributed by atoms with Gasteiger partial charge in [0.1, 0.15) is 0 Å². The summed E-state index contributed by atoms with van der Waals surface area (Å²) >= 11 is 3.64. The van der Waals surface area contributed by atoms with E-state index in [4.69, 9.17) is 23.7 Å². The monoisotopic (exact) mass is 571 g/mol. The number of carbonyl (C=O) groups is 2. The molecule has 1 atom stereocenters. The van der Waals surface area contributed by atoms with Gasteiger partial charge in [0.15, 0.2) is 23.0 Å². The lowest BCUT2D eigenvalue weighted by Crippen LogP contribution is -2.29. The van der Waals surface area contributed by atoms with Crippen molar-refractivity contribution in [2.45, 2.75) is 25.4 Å². The molecular weight excluding hydrogens is 546 g/mol. The Hall–Kier alpha value is -3.66. The molecule has 1 N–H and O–H groups in total. The first-order chi connectivity index (χ1) is 17.8. The van der Waals surface area contributed by atoms with Crippen LogP contribution in [0.25, 0.3) is 6.08 Å². The molecule has 0 spiro atoms. The lowest BCUT2D eigenvalue weighted by Gasteiger charge is -2.35. The van der Waals surface area contributed by atoms with Gasteiger partial charge in [-0.3, -0.25) is 0 Å². The summed E-state index contributed by atoms with van der Waals surface area (Å²) in [6, 6.07) is 6.90. The van der Waals surface area contributed by atoms with Crippen LogP contribution in [0.1, 0.15) is 35.6 Å². The van der Waals surface area contributed by atoms with Crippen LogP contribution < -0.4 is 14.2 Å². The molecule has 10 heteroatoms. The van der Waals surface area contributed by atoms with E-state index in [0.29, 0.717) is 29.4 Å². The highest BCUT2D eigenvalue weighted by Crippen LogP contribution is 2.50. The molecule has 0 saturated heterocycles. The van der Waals surface area contributed by atoms with Crippen LogP contribution in [0, 0.1) is 5.92 Å².